The van der Waals surface area contributed by atoms with Crippen molar-refractivity contribution in [3.8, 4) is 0 Å². The molecule has 5 nitrogen and oxygen atoms in total. The van der Waals surface area contributed by atoms with Gasteiger partial charge in [-0.15, -0.1) is 0 Å². The zero-order valence-corrected chi connectivity index (χ0v) is 11.5. The van der Waals surface area contributed by atoms with Crippen molar-refractivity contribution < 1.29 is 4.39 Å². The lowest BCUT2D eigenvalue weighted by Crippen LogP contribution is -2.47. The average molecular weight is 275 g/mol. The maximum atomic E-state index is 13.8. The van der Waals surface area contributed by atoms with E-state index in [9.17, 15) is 4.39 Å². The monoisotopic (exact) mass is 275 g/mol. The van der Waals surface area contributed by atoms with Crippen LogP contribution in [0.15, 0.2) is 30.5 Å². The number of anilines is 3. The second-order valence-electron chi connectivity index (χ2n) is 5.01. The number of hydrogen-bond donors (Lipinski definition) is 1. The van der Waals surface area contributed by atoms with E-state index in [0.29, 0.717) is 11.4 Å². The molecule has 0 aliphatic carbocycles. The molecule has 1 aromatic carbocycles. The van der Waals surface area contributed by atoms with Gasteiger partial charge in [-0.1, -0.05) is 12.1 Å². The van der Waals surface area contributed by atoms with Gasteiger partial charge >= 0.3 is 0 Å². The maximum absolute atomic E-state index is 13.8. The van der Waals surface area contributed by atoms with Crippen molar-refractivity contribution in [1.29, 1.82) is 0 Å². The summed E-state index contributed by atoms with van der Waals surface area (Å²) >= 11 is 0. The molecule has 0 bridgehead atoms. The lowest BCUT2D eigenvalue weighted by molar-refractivity contribution is 0.594. The summed E-state index contributed by atoms with van der Waals surface area (Å²) in [6.45, 7) is 3.10. The highest BCUT2D eigenvalue weighted by atomic mass is 19.1. The fourth-order valence-corrected chi connectivity index (χ4v) is 2.61. The second kappa shape index (κ2) is 5.03. The number of aromatic nitrogens is 2. The summed E-state index contributed by atoms with van der Waals surface area (Å²) in [5.74, 6) is 0.652. The molecule has 0 atom stereocenters. The molecule has 1 aliphatic rings. The Kier molecular flexibility index (Phi) is 3.22. The van der Waals surface area contributed by atoms with E-state index >= 15 is 0 Å². The number of nitrogens with two attached hydrogens (primary N) is 1. The molecule has 3 rings (SSSR count). The average Bonchev–Trinajstić information content (AvgIpc) is 2.79. The predicted octanol–water partition coefficient (Wildman–Crippen LogP) is 1.47. The maximum Gasteiger partial charge on any atom is 0.173 e. The van der Waals surface area contributed by atoms with E-state index in [-0.39, 0.29) is 5.82 Å². The molecule has 0 radical (unpaired) electrons. The summed E-state index contributed by atoms with van der Waals surface area (Å²) in [5.41, 5.74) is 7.30. The number of rotatable bonds is 2. The molecule has 1 aromatic heterocycles. The van der Waals surface area contributed by atoms with Crippen molar-refractivity contribution in [2.45, 2.75) is 0 Å². The van der Waals surface area contributed by atoms with Crippen LogP contribution in [0.2, 0.25) is 0 Å². The van der Waals surface area contributed by atoms with E-state index in [4.69, 9.17) is 5.73 Å². The van der Waals surface area contributed by atoms with Crippen LogP contribution in [0, 0.1) is 5.82 Å². The number of hydrogen-bond acceptors (Lipinski definition) is 4. The Morgan fingerprint density at radius 3 is 2.35 bits per heavy atom. The van der Waals surface area contributed by atoms with Crippen LogP contribution in [0.25, 0.3) is 0 Å². The van der Waals surface area contributed by atoms with Gasteiger partial charge in [0.1, 0.15) is 5.82 Å². The Bertz CT molecular complexity index is 601. The van der Waals surface area contributed by atoms with Crippen LogP contribution in [-0.2, 0) is 7.05 Å². The minimum atomic E-state index is -0.168. The number of para-hydroxylation sites is 1. The smallest absolute Gasteiger partial charge is 0.173 e. The van der Waals surface area contributed by atoms with E-state index in [0.717, 1.165) is 32.0 Å². The minimum Gasteiger partial charge on any atom is -0.394 e. The molecule has 1 aliphatic heterocycles. The van der Waals surface area contributed by atoms with Crippen molar-refractivity contribution in [2.75, 3.05) is 41.7 Å². The molecule has 2 aromatic rings. The molecule has 106 valence electrons. The van der Waals surface area contributed by atoms with Gasteiger partial charge in [-0.2, -0.15) is 5.10 Å². The minimum absolute atomic E-state index is 0.168. The Balaban J connectivity index is 1.71. The van der Waals surface area contributed by atoms with Crippen LogP contribution in [0.4, 0.5) is 21.6 Å². The highest BCUT2D eigenvalue weighted by molar-refractivity contribution is 5.62. The molecule has 1 fully saturated rings. The van der Waals surface area contributed by atoms with Gasteiger partial charge < -0.3 is 15.5 Å². The third-order valence-corrected chi connectivity index (χ3v) is 3.61. The van der Waals surface area contributed by atoms with Gasteiger partial charge in [0.15, 0.2) is 5.82 Å². The predicted molar refractivity (Wildman–Crippen MR) is 78.4 cm³/mol. The molecule has 0 amide bonds. The largest absolute Gasteiger partial charge is 0.394 e. The first-order chi connectivity index (χ1) is 9.65. The molecule has 0 saturated carbocycles. The molecular weight excluding hydrogens is 257 g/mol. The number of nitrogens with zero attached hydrogens (tertiary/aromatic N) is 4. The van der Waals surface area contributed by atoms with Crippen molar-refractivity contribution in [3.05, 3.63) is 36.3 Å². The first-order valence-electron chi connectivity index (χ1n) is 6.68. The molecule has 0 unspecified atom stereocenters. The van der Waals surface area contributed by atoms with Crippen LogP contribution in [0.3, 0.4) is 0 Å². The van der Waals surface area contributed by atoms with Crippen molar-refractivity contribution in [3.63, 3.8) is 0 Å². The highest BCUT2D eigenvalue weighted by Crippen LogP contribution is 2.24. The van der Waals surface area contributed by atoms with Gasteiger partial charge in [0.05, 0.1) is 11.4 Å². The quantitative estimate of drug-likeness (QED) is 0.901. The molecule has 20 heavy (non-hydrogen) atoms. The molecular formula is C14H18FN5. The summed E-state index contributed by atoms with van der Waals surface area (Å²) in [4.78, 5) is 4.21. The Labute approximate surface area is 117 Å². The Hall–Kier alpha value is -2.24. The van der Waals surface area contributed by atoms with E-state index in [1.54, 1.807) is 16.9 Å². The van der Waals surface area contributed by atoms with Gasteiger partial charge in [0.2, 0.25) is 0 Å². The molecule has 1 saturated heterocycles. The lowest BCUT2D eigenvalue weighted by atomic mass is 10.2. The second-order valence-corrected chi connectivity index (χ2v) is 5.01. The molecule has 6 heteroatoms. The summed E-state index contributed by atoms with van der Waals surface area (Å²) in [7, 11) is 1.86. The van der Waals surface area contributed by atoms with Gasteiger partial charge in [-0.3, -0.25) is 4.68 Å². The van der Waals surface area contributed by atoms with Crippen molar-refractivity contribution in [1.82, 2.24) is 9.78 Å². The first kappa shape index (κ1) is 12.8. The van der Waals surface area contributed by atoms with E-state index in [1.807, 2.05) is 19.2 Å². The fourth-order valence-electron chi connectivity index (χ4n) is 2.61. The van der Waals surface area contributed by atoms with Crippen LogP contribution >= 0.6 is 0 Å². The van der Waals surface area contributed by atoms with Gasteiger partial charge in [0.25, 0.3) is 0 Å². The molecule has 2 N–H and O–H groups in total. The van der Waals surface area contributed by atoms with Gasteiger partial charge in [-0.05, 0) is 12.1 Å². The number of nitrogen functional groups attached to an aromatic ring is 1. The Morgan fingerprint density at radius 1 is 1.10 bits per heavy atom. The zero-order chi connectivity index (χ0) is 14.1. The number of aryl methyl sites for hydroxylation is 1. The van der Waals surface area contributed by atoms with Gasteiger partial charge in [-0.25, -0.2) is 4.39 Å². The zero-order valence-electron chi connectivity index (χ0n) is 11.5. The first-order valence-corrected chi connectivity index (χ1v) is 6.68. The number of benzene rings is 1. The summed E-state index contributed by atoms with van der Waals surface area (Å²) in [6, 6.07) is 6.89. The lowest BCUT2D eigenvalue weighted by Gasteiger charge is -2.36. The third kappa shape index (κ3) is 2.29. The van der Waals surface area contributed by atoms with Crippen molar-refractivity contribution >= 4 is 17.2 Å². The summed E-state index contributed by atoms with van der Waals surface area (Å²) < 4.78 is 15.5. The van der Waals surface area contributed by atoms with Crippen molar-refractivity contribution in [2.24, 2.45) is 7.05 Å². The molecule has 2 heterocycles. The standard InChI is InChI=1S/C14H18FN5/c1-18-10-12(16)14(17-18)20-8-6-19(7-9-20)13-5-3-2-4-11(13)15/h2-5,10H,6-9,16H2,1H3. The topological polar surface area (TPSA) is 50.3 Å². The number of piperazine rings is 1. The Morgan fingerprint density at radius 2 is 1.75 bits per heavy atom. The van der Waals surface area contributed by atoms with Crippen LogP contribution < -0.4 is 15.5 Å². The summed E-state index contributed by atoms with van der Waals surface area (Å²) in [5, 5.41) is 4.37. The highest BCUT2D eigenvalue weighted by Gasteiger charge is 2.22. The van der Waals surface area contributed by atoms with Gasteiger partial charge in [0, 0.05) is 39.4 Å². The molecule has 0 spiro atoms. The van der Waals surface area contributed by atoms with Crippen LogP contribution in [0.5, 0.6) is 0 Å². The third-order valence-electron chi connectivity index (χ3n) is 3.61. The normalized spacial score (nSPS) is 15.7. The van der Waals surface area contributed by atoms with Crippen LogP contribution in [-0.4, -0.2) is 36.0 Å². The van der Waals surface area contributed by atoms with E-state index in [1.165, 1.54) is 6.07 Å². The van der Waals surface area contributed by atoms with E-state index < -0.39 is 0 Å². The fraction of sp³-hybridized carbons (Fsp3) is 0.357. The SMILES string of the molecule is Cn1cc(N)c(N2CCN(c3ccccc3F)CC2)n1. The van der Waals surface area contributed by atoms with Crippen LogP contribution in [0.1, 0.15) is 0 Å². The number of halogens is 1. The summed E-state index contributed by atoms with van der Waals surface area (Å²) in [6.07, 6.45) is 1.80. The van der Waals surface area contributed by atoms with E-state index in [2.05, 4.69) is 14.9 Å².